The molecule has 3 N–H and O–H groups in total. The summed E-state index contributed by atoms with van der Waals surface area (Å²) in [5.74, 6) is 0.811. The van der Waals surface area contributed by atoms with Gasteiger partial charge in [-0.15, -0.1) is 0 Å². The van der Waals surface area contributed by atoms with Crippen molar-refractivity contribution in [2.45, 2.75) is 19.4 Å². The lowest BCUT2D eigenvalue weighted by molar-refractivity contribution is 0.113. The molecule has 1 aromatic rings. The average Bonchev–Trinajstić information content (AvgIpc) is 2.26. The van der Waals surface area contributed by atoms with Gasteiger partial charge in [0.2, 0.25) is 0 Å². The quantitative estimate of drug-likeness (QED) is 0.648. The lowest BCUT2D eigenvalue weighted by atomic mass is 10.1. The highest BCUT2D eigenvalue weighted by atomic mass is 79.9. The molecule has 100 valence electrons. The van der Waals surface area contributed by atoms with Crippen LogP contribution in [0.2, 0.25) is 0 Å². The summed E-state index contributed by atoms with van der Waals surface area (Å²) >= 11 is 3.43. The van der Waals surface area contributed by atoms with Crippen LogP contribution in [-0.2, 0) is 0 Å². The van der Waals surface area contributed by atoms with E-state index in [9.17, 15) is 0 Å². The summed E-state index contributed by atoms with van der Waals surface area (Å²) < 4.78 is 6.61. The molecular weight excluding hydrogens is 294 g/mol. The molecule has 0 fully saturated rings. The average molecular weight is 314 g/mol. The molecule has 0 atom stereocenters. The van der Waals surface area contributed by atoms with Crippen LogP contribution in [0.1, 0.15) is 19.4 Å². The molecule has 0 unspecified atom stereocenters. The predicted octanol–water partition coefficient (Wildman–Crippen LogP) is 2.45. The van der Waals surface area contributed by atoms with Crippen LogP contribution in [0.3, 0.4) is 0 Å². The van der Waals surface area contributed by atoms with Gasteiger partial charge in [0.25, 0.3) is 0 Å². The van der Waals surface area contributed by atoms with Gasteiger partial charge in [-0.25, -0.2) is 0 Å². The monoisotopic (exact) mass is 313 g/mol. The fourth-order valence-corrected chi connectivity index (χ4v) is 1.66. The second kappa shape index (κ2) is 5.71. The molecule has 4 nitrogen and oxygen atoms in total. The van der Waals surface area contributed by atoms with Crippen molar-refractivity contribution in [1.82, 2.24) is 4.90 Å². The molecule has 0 radical (unpaired) electrons. The highest BCUT2D eigenvalue weighted by molar-refractivity contribution is 9.10. The number of rotatable bonds is 5. The lowest BCUT2D eigenvalue weighted by Gasteiger charge is -2.32. The Balaban J connectivity index is 2.78. The fourth-order valence-electron chi connectivity index (χ4n) is 1.17. The minimum atomic E-state index is -0.0430. The first kappa shape index (κ1) is 15.0. The molecule has 0 aliphatic carbocycles. The molecule has 5 heteroatoms. The summed E-state index contributed by atoms with van der Waals surface area (Å²) in [6, 6.07) is 5.40. The van der Waals surface area contributed by atoms with Crippen LogP contribution in [0, 0.1) is 5.41 Å². The van der Waals surface area contributed by atoms with E-state index in [0.717, 1.165) is 10.2 Å². The van der Waals surface area contributed by atoms with E-state index in [2.05, 4.69) is 34.7 Å². The van der Waals surface area contributed by atoms with E-state index in [0.29, 0.717) is 12.2 Å². The van der Waals surface area contributed by atoms with Gasteiger partial charge in [0, 0.05) is 11.1 Å². The predicted molar refractivity (Wildman–Crippen MR) is 78.4 cm³/mol. The molecule has 18 heavy (non-hydrogen) atoms. The van der Waals surface area contributed by atoms with Crippen molar-refractivity contribution >= 4 is 21.8 Å². The van der Waals surface area contributed by atoms with Crippen molar-refractivity contribution in [3.63, 3.8) is 0 Å². The maximum absolute atomic E-state index is 7.37. The molecule has 0 aliphatic rings. The van der Waals surface area contributed by atoms with Crippen molar-refractivity contribution in [3.8, 4) is 5.75 Å². The number of likely N-dealkylation sites (N-methyl/N-ethyl adjacent to an activating group) is 1. The van der Waals surface area contributed by atoms with Gasteiger partial charge in [0.15, 0.2) is 0 Å². The molecule has 0 heterocycles. The number of nitrogen functional groups attached to an aromatic ring is 1. The maximum atomic E-state index is 7.37. The van der Waals surface area contributed by atoms with E-state index in [1.807, 2.05) is 20.2 Å². The van der Waals surface area contributed by atoms with Crippen LogP contribution in [-0.4, -0.2) is 37.0 Å². The zero-order valence-electron chi connectivity index (χ0n) is 11.2. The van der Waals surface area contributed by atoms with Crippen molar-refractivity contribution < 1.29 is 4.74 Å². The van der Waals surface area contributed by atoms with E-state index in [1.54, 1.807) is 12.1 Å². The van der Waals surface area contributed by atoms with Crippen molar-refractivity contribution in [2.75, 3.05) is 20.7 Å². The number of benzene rings is 1. The van der Waals surface area contributed by atoms with Gasteiger partial charge in [0.05, 0.1) is 4.47 Å². The molecule has 0 bridgehead atoms. The van der Waals surface area contributed by atoms with E-state index in [1.165, 1.54) is 0 Å². The molecule has 1 rings (SSSR count). The SMILES string of the molecule is CN(C)C(C)(C)COc1ccc(C(=N)N)cc1Br. The summed E-state index contributed by atoms with van der Waals surface area (Å²) in [5.41, 5.74) is 6.07. The molecule has 0 amide bonds. The highest BCUT2D eigenvalue weighted by Crippen LogP contribution is 2.27. The van der Waals surface area contributed by atoms with Crippen LogP contribution in [0.4, 0.5) is 0 Å². The van der Waals surface area contributed by atoms with E-state index >= 15 is 0 Å². The number of halogens is 1. The zero-order chi connectivity index (χ0) is 13.9. The number of hydrogen-bond donors (Lipinski definition) is 2. The van der Waals surface area contributed by atoms with E-state index in [-0.39, 0.29) is 11.4 Å². The third-order valence-corrected chi connectivity index (χ3v) is 3.65. The molecule has 0 spiro atoms. The smallest absolute Gasteiger partial charge is 0.133 e. The standard InChI is InChI=1S/C13H20BrN3O/c1-13(2,17(3)4)8-18-11-6-5-9(12(15)16)7-10(11)14/h5-7H,8H2,1-4H3,(H3,15,16). The summed E-state index contributed by atoms with van der Waals surface area (Å²) in [6.45, 7) is 4.81. The minimum absolute atomic E-state index is 0.0430. The normalized spacial score (nSPS) is 11.7. The molecule has 0 aromatic heterocycles. The Kier molecular flexibility index (Phi) is 4.76. The Labute approximate surface area is 117 Å². The second-order valence-corrected chi connectivity index (χ2v) is 5.91. The summed E-state index contributed by atoms with van der Waals surface area (Å²) in [7, 11) is 4.05. The summed E-state index contributed by atoms with van der Waals surface area (Å²) in [4.78, 5) is 2.12. The Morgan fingerprint density at radius 1 is 1.44 bits per heavy atom. The first-order valence-corrected chi connectivity index (χ1v) is 6.47. The number of hydrogen-bond acceptors (Lipinski definition) is 3. The number of ether oxygens (including phenoxy) is 1. The first-order chi connectivity index (χ1) is 8.24. The first-order valence-electron chi connectivity index (χ1n) is 5.68. The highest BCUT2D eigenvalue weighted by Gasteiger charge is 2.21. The fraction of sp³-hybridized carbons (Fsp3) is 0.462. The topological polar surface area (TPSA) is 62.3 Å². The Morgan fingerprint density at radius 2 is 2.06 bits per heavy atom. The maximum Gasteiger partial charge on any atom is 0.133 e. The van der Waals surface area contributed by atoms with Crippen LogP contribution in [0.25, 0.3) is 0 Å². The number of nitrogens with one attached hydrogen (secondary N) is 1. The number of amidine groups is 1. The Morgan fingerprint density at radius 3 is 2.50 bits per heavy atom. The molecule has 0 saturated carbocycles. The largest absolute Gasteiger partial charge is 0.491 e. The minimum Gasteiger partial charge on any atom is -0.491 e. The summed E-state index contributed by atoms with van der Waals surface area (Å²) in [5, 5.41) is 7.37. The third-order valence-electron chi connectivity index (χ3n) is 3.03. The second-order valence-electron chi connectivity index (χ2n) is 5.05. The van der Waals surface area contributed by atoms with Crippen molar-refractivity contribution in [3.05, 3.63) is 28.2 Å². The van der Waals surface area contributed by atoms with Crippen LogP contribution in [0.5, 0.6) is 5.75 Å². The van der Waals surface area contributed by atoms with Gasteiger partial charge in [-0.2, -0.15) is 0 Å². The third kappa shape index (κ3) is 3.71. The van der Waals surface area contributed by atoms with Gasteiger partial charge in [-0.3, -0.25) is 5.41 Å². The van der Waals surface area contributed by atoms with Gasteiger partial charge in [-0.1, -0.05) is 0 Å². The molecule has 1 aromatic carbocycles. The van der Waals surface area contributed by atoms with E-state index in [4.69, 9.17) is 15.9 Å². The van der Waals surface area contributed by atoms with E-state index < -0.39 is 0 Å². The Bertz CT molecular complexity index is 444. The van der Waals surface area contributed by atoms with Crippen LogP contribution >= 0.6 is 15.9 Å². The van der Waals surface area contributed by atoms with Crippen LogP contribution < -0.4 is 10.5 Å². The van der Waals surface area contributed by atoms with Gasteiger partial charge in [0.1, 0.15) is 18.2 Å². The summed E-state index contributed by atoms with van der Waals surface area (Å²) in [6.07, 6.45) is 0. The molecular formula is C13H20BrN3O. The number of nitrogens with zero attached hydrogens (tertiary/aromatic N) is 1. The van der Waals surface area contributed by atoms with Crippen molar-refractivity contribution in [1.29, 1.82) is 5.41 Å². The lowest BCUT2D eigenvalue weighted by Crippen LogP contribution is -2.43. The van der Waals surface area contributed by atoms with Gasteiger partial charge >= 0.3 is 0 Å². The number of nitrogens with two attached hydrogens (primary N) is 1. The van der Waals surface area contributed by atoms with Gasteiger partial charge in [-0.05, 0) is 62.1 Å². The molecule has 0 saturated heterocycles. The van der Waals surface area contributed by atoms with Crippen LogP contribution in [0.15, 0.2) is 22.7 Å². The zero-order valence-corrected chi connectivity index (χ0v) is 12.8. The van der Waals surface area contributed by atoms with Crippen molar-refractivity contribution in [2.24, 2.45) is 5.73 Å². The molecule has 0 aliphatic heterocycles. The van der Waals surface area contributed by atoms with Gasteiger partial charge < -0.3 is 15.4 Å². The Hall–Kier alpha value is -1.07.